The van der Waals surface area contributed by atoms with Crippen molar-refractivity contribution < 1.29 is 4.79 Å². The van der Waals surface area contributed by atoms with E-state index in [0.29, 0.717) is 11.5 Å². The summed E-state index contributed by atoms with van der Waals surface area (Å²) in [5.74, 6) is 1.90. The molecule has 0 aliphatic rings. The Morgan fingerprint density at radius 2 is 1.90 bits per heavy atom. The number of hydrogen-bond donors (Lipinski definition) is 2. The standard InChI is InChI=1S/C24H27N5O/c1-15(2)13-21(23-26-19-9-5-6-10-20(19)27-23)28-24(30)18-14-16(3)29(17(18)4)22-11-7-8-12-25-22/h5-12,14-15,21H,13H2,1-4H3,(H,26,27)(H,28,30). The van der Waals surface area contributed by atoms with Gasteiger partial charge in [0.05, 0.1) is 22.6 Å². The molecule has 0 bridgehead atoms. The van der Waals surface area contributed by atoms with Crippen LogP contribution in [0.2, 0.25) is 0 Å². The van der Waals surface area contributed by atoms with Crippen molar-refractivity contribution in [3.8, 4) is 5.82 Å². The summed E-state index contributed by atoms with van der Waals surface area (Å²) < 4.78 is 2.01. The van der Waals surface area contributed by atoms with Gasteiger partial charge in [-0.3, -0.25) is 4.79 Å². The second-order valence-electron chi connectivity index (χ2n) is 8.10. The molecule has 6 nitrogen and oxygen atoms in total. The molecule has 0 saturated heterocycles. The van der Waals surface area contributed by atoms with E-state index in [9.17, 15) is 4.79 Å². The van der Waals surface area contributed by atoms with E-state index < -0.39 is 0 Å². The molecule has 30 heavy (non-hydrogen) atoms. The molecule has 0 spiro atoms. The average molecular weight is 402 g/mol. The van der Waals surface area contributed by atoms with Crippen LogP contribution in [0.4, 0.5) is 0 Å². The molecule has 0 aliphatic heterocycles. The Kier molecular flexibility index (Phi) is 5.40. The van der Waals surface area contributed by atoms with Gasteiger partial charge in [0.15, 0.2) is 0 Å². The summed E-state index contributed by atoms with van der Waals surface area (Å²) in [5.41, 5.74) is 4.38. The van der Waals surface area contributed by atoms with Crippen molar-refractivity contribution in [3.05, 3.63) is 77.5 Å². The summed E-state index contributed by atoms with van der Waals surface area (Å²) in [5, 5.41) is 3.21. The quantitative estimate of drug-likeness (QED) is 0.483. The van der Waals surface area contributed by atoms with E-state index in [4.69, 9.17) is 4.98 Å². The minimum Gasteiger partial charge on any atom is -0.342 e. The second-order valence-corrected chi connectivity index (χ2v) is 8.10. The molecule has 0 fully saturated rings. The number of rotatable bonds is 6. The van der Waals surface area contributed by atoms with Gasteiger partial charge in [0.2, 0.25) is 0 Å². The maximum absolute atomic E-state index is 13.3. The number of aromatic amines is 1. The molecule has 0 aliphatic carbocycles. The summed E-state index contributed by atoms with van der Waals surface area (Å²) >= 11 is 0. The van der Waals surface area contributed by atoms with E-state index >= 15 is 0 Å². The van der Waals surface area contributed by atoms with Crippen molar-refractivity contribution in [2.24, 2.45) is 5.92 Å². The fraction of sp³-hybridized carbons (Fsp3) is 0.292. The molecule has 2 N–H and O–H groups in total. The fourth-order valence-corrected chi connectivity index (χ4v) is 3.92. The van der Waals surface area contributed by atoms with Crippen molar-refractivity contribution in [1.82, 2.24) is 24.8 Å². The molecule has 1 atom stereocenters. The van der Waals surface area contributed by atoms with Gasteiger partial charge in [-0.2, -0.15) is 0 Å². The van der Waals surface area contributed by atoms with Crippen molar-refractivity contribution in [1.29, 1.82) is 0 Å². The molecule has 1 unspecified atom stereocenters. The average Bonchev–Trinajstić information content (AvgIpc) is 3.28. The van der Waals surface area contributed by atoms with Crippen LogP contribution in [0, 0.1) is 19.8 Å². The number of aromatic nitrogens is 4. The van der Waals surface area contributed by atoms with Gasteiger partial charge in [-0.25, -0.2) is 9.97 Å². The summed E-state index contributed by atoms with van der Waals surface area (Å²) in [7, 11) is 0. The van der Waals surface area contributed by atoms with E-state index in [-0.39, 0.29) is 11.9 Å². The lowest BCUT2D eigenvalue weighted by molar-refractivity contribution is 0.0929. The summed E-state index contributed by atoms with van der Waals surface area (Å²) in [6.45, 7) is 8.24. The molecule has 4 aromatic rings. The van der Waals surface area contributed by atoms with E-state index in [1.165, 1.54) is 0 Å². The Balaban J connectivity index is 1.65. The Hall–Kier alpha value is -3.41. The number of fused-ring (bicyclic) bond motifs is 1. The molecule has 3 heterocycles. The maximum Gasteiger partial charge on any atom is 0.253 e. The lowest BCUT2D eigenvalue weighted by Crippen LogP contribution is -2.30. The third kappa shape index (κ3) is 3.85. The Morgan fingerprint density at radius 1 is 1.13 bits per heavy atom. The molecule has 0 radical (unpaired) electrons. The van der Waals surface area contributed by atoms with Gasteiger partial charge in [0.25, 0.3) is 5.91 Å². The van der Waals surface area contributed by atoms with Crippen LogP contribution in [0.5, 0.6) is 0 Å². The maximum atomic E-state index is 13.3. The number of pyridine rings is 1. The largest absolute Gasteiger partial charge is 0.342 e. The number of para-hydroxylation sites is 2. The first-order valence-electron chi connectivity index (χ1n) is 10.3. The van der Waals surface area contributed by atoms with Gasteiger partial charge in [-0.15, -0.1) is 0 Å². The minimum absolute atomic E-state index is 0.101. The van der Waals surface area contributed by atoms with E-state index in [1.807, 2.05) is 66.9 Å². The topological polar surface area (TPSA) is 75.6 Å². The van der Waals surface area contributed by atoms with Gasteiger partial charge in [-0.05, 0) is 56.5 Å². The third-order valence-corrected chi connectivity index (χ3v) is 5.30. The number of carbonyl (C=O) groups is 1. The van der Waals surface area contributed by atoms with Gasteiger partial charge >= 0.3 is 0 Å². The zero-order valence-corrected chi connectivity index (χ0v) is 17.8. The molecule has 6 heteroatoms. The van der Waals surface area contributed by atoms with Crippen LogP contribution in [0.25, 0.3) is 16.9 Å². The van der Waals surface area contributed by atoms with Crippen molar-refractivity contribution in [3.63, 3.8) is 0 Å². The van der Waals surface area contributed by atoms with Crippen molar-refractivity contribution >= 4 is 16.9 Å². The highest BCUT2D eigenvalue weighted by molar-refractivity contribution is 5.96. The smallest absolute Gasteiger partial charge is 0.253 e. The summed E-state index contributed by atoms with van der Waals surface area (Å²) in [6.07, 6.45) is 2.55. The number of hydrogen-bond acceptors (Lipinski definition) is 3. The first-order valence-corrected chi connectivity index (χ1v) is 10.3. The predicted octanol–water partition coefficient (Wildman–Crippen LogP) is 4.88. The highest BCUT2D eigenvalue weighted by Crippen LogP contribution is 2.24. The Morgan fingerprint density at radius 3 is 2.60 bits per heavy atom. The molecule has 4 rings (SSSR count). The van der Waals surface area contributed by atoms with Crippen LogP contribution in [0.3, 0.4) is 0 Å². The molecular formula is C24H27N5O. The zero-order chi connectivity index (χ0) is 21.3. The van der Waals surface area contributed by atoms with Gasteiger partial charge in [0.1, 0.15) is 11.6 Å². The predicted molar refractivity (Wildman–Crippen MR) is 119 cm³/mol. The molecular weight excluding hydrogens is 374 g/mol. The van der Waals surface area contributed by atoms with Crippen LogP contribution in [-0.2, 0) is 0 Å². The summed E-state index contributed by atoms with van der Waals surface area (Å²) in [6, 6.07) is 15.4. The number of aryl methyl sites for hydroxylation is 1. The van der Waals surface area contributed by atoms with Gasteiger partial charge in [-0.1, -0.05) is 32.0 Å². The summed E-state index contributed by atoms with van der Waals surface area (Å²) in [4.78, 5) is 25.8. The normalized spacial score (nSPS) is 12.4. The van der Waals surface area contributed by atoms with E-state index in [1.54, 1.807) is 6.20 Å². The first-order chi connectivity index (χ1) is 14.4. The van der Waals surface area contributed by atoms with Crippen molar-refractivity contribution in [2.45, 2.75) is 40.2 Å². The lowest BCUT2D eigenvalue weighted by Gasteiger charge is -2.19. The van der Waals surface area contributed by atoms with Crippen LogP contribution in [0.15, 0.2) is 54.7 Å². The number of benzene rings is 1. The minimum atomic E-state index is -0.192. The van der Waals surface area contributed by atoms with Crippen LogP contribution in [0.1, 0.15) is 53.9 Å². The highest BCUT2D eigenvalue weighted by Gasteiger charge is 2.23. The molecule has 1 aromatic carbocycles. The van der Waals surface area contributed by atoms with E-state index in [0.717, 1.165) is 40.5 Å². The fourth-order valence-electron chi connectivity index (χ4n) is 3.92. The molecule has 0 saturated carbocycles. The number of nitrogens with zero attached hydrogens (tertiary/aromatic N) is 3. The molecule has 154 valence electrons. The first kappa shape index (κ1) is 19.9. The lowest BCUT2D eigenvalue weighted by atomic mass is 10.0. The monoisotopic (exact) mass is 401 g/mol. The number of carbonyl (C=O) groups excluding carboxylic acids is 1. The number of nitrogens with one attached hydrogen (secondary N) is 2. The van der Waals surface area contributed by atoms with Crippen LogP contribution in [-0.4, -0.2) is 25.4 Å². The SMILES string of the molecule is Cc1cc(C(=O)NC(CC(C)C)c2nc3ccccc3[nH]2)c(C)n1-c1ccccn1. The molecule has 3 aromatic heterocycles. The third-order valence-electron chi connectivity index (χ3n) is 5.30. The van der Waals surface area contributed by atoms with Crippen LogP contribution >= 0.6 is 0 Å². The molecule has 1 amide bonds. The van der Waals surface area contributed by atoms with Crippen molar-refractivity contribution in [2.75, 3.05) is 0 Å². The zero-order valence-electron chi connectivity index (χ0n) is 17.8. The second kappa shape index (κ2) is 8.14. The van der Waals surface area contributed by atoms with Gasteiger partial charge in [0, 0.05) is 17.6 Å². The number of H-pyrrole nitrogens is 1. The number of imidazole rings is 1. The van der Waals surface area contributed by atoms with Gasteiger partial charge < -0.3 is 14.9 Å². The highest BCUT2D eigenvalue weighted by atomic mass is 16.1. The van der Waals surface area contributed by atoms with Crippen LogP contribution < -0.4 is 5.32 Å². The Bertz CT molecular complexity index is 1140. The van der Waals surface area contributed by atoms with E-state index in [2.05, 4.69) is 29.1 Å². The Labute approximate surface area is 176 Å². The number of amides is 1.